The van der Waals surface area contributed by atoms with Gasteiger partial charge in [-0.1, -0.05) is 35.0 Å². The Labute approximate surface area is 207 Å². The highest BCUT2D eigenvalue weighted by Gasteiger charge is 2.45. The molecule has 0 bridgehead atoms. The predicted octanol–water partition coefficient (Wildman–Crippen LogP) is 5.15. The van der Waals surface area contributed by atoms with Crippen LogP contribution in [0.15, 0.2) is 90.0 Å². The normalized spacial score (nSPS) is 15.7. The Balaban J connectivity index is 1.69. The Morgan fingerprint density at radius 1 is 0.889 bits per heavy atom. The van der Waals surface area contributed by atoms with Crippen LogP contribution in [-0.4, -0.2) is 37.6 Å². The molecule has 0 aromatic heterocycles. The van der Waals surface area contributed by atoms with Crippen molar-refractivity contribution < 1.29 is 19.6 Å². The van der Waals surface area contributed by atoms with Crippen LogP contribution in [0.25, 0.3) is 6.08 Å². The SMILES string of the molecule is CC1(C)C(c2ccccc2)=N[N+](CC(O)c2ccc([N+](=O)[O-])cc2)=C1C=Cc1ccc([N+](=O)[O-])cc1. The van der Waals surface area contributed by atoms with E-state index in [1.807, 2.05) is 56.3 Å². The molecule has 0 radical (unpaired) electrons. The monoisotopic (exact) mass is 485 g/mol. The van der Waals surface area contributed by atoms with Gasteiger partial charge in [0, 0.05) is 35.9 Å². The number of nitro benzene ring substituents is 2. The molecule has 0 spiro atoms. The summed E-state index contributed by atoms with van der Waals surface area (Å²) in [5.74, 6) is 0. The Kier molecular flexibility index (Phi) is 6.84. The molecule has 1 aliphatic heterocycles. The van der Waals surface area contributed by atoms with E-state index in [0.29, 0.717) is 5.56 Å². The fraction of sp³-hybridized carbons (Fsp3) is 0.185. The highest BCUT2D eigenvalue weighted by Crippen LogP contribution is 2.32. The summed E-state index contributed by atoms with van der Waals surface area (Å²) in [6.45, 7) is 4.23. The van der Waals surface area contributed by atoms with Gasteiger partial charge in [-0.3, -0.25) is 20.2 Å². The van der Waals surface area contributed by atoms with Crippen molar-refractivity contribution in [2.45, 2.75) is 20.0 Å². The van der Waals surface area contributed by atoms with Crippen molar-refractivity contribution in [3.63, 3.8) is 0 Å². The molecule has 0 saturated heterocycles. The summed E-state index contributed by atoms with van der Waals surface area (Å²) in [6.07, 6.45) is 2.82. The molecule has 0 aliphatic carbocycles. The first-order valence-electron chi connectivity index (χ1n) is 11.3. The van der Waals surface area contributed by atoms with Gasteiger partial charge < -0.3 is 5.11 Å². The Morgan fingerprint density at radius 3 is 2.00 bits per heavy atom. The smallest absolute Gasteiger partial charge is 0.269 e. The first-order chi connectivity index (χ1) is 17.2. The van der Waals surface area contributed by atoms with E-state index in [2.05, 4.69) is 0 Å². The van der Waals surface area contributed by atoms with Crippen molar-refractivity contribution in [3.05, 3.63) is 122 Å². The zero-order valence-electron chi connectivity index (χ0n) is 19.8. The molecular formula is C27H25N4O5+. The van der Waals surface area contributed by atoms with E-state index in [0.717, 1.165) is 22.6 Å². The molecule has 4 rings (SSSR count). The van der Waals surface area contributed by atoms with Crippen LogP contribution in [0.2, 0.25) is 0 Å². The third kappa shape index (κ3) is 5.11. The summed E-state index contributed by atoms with van der Waals surface area (Å²) in [6, 6.07) is 21.8. The Bertz CT molecular complexity index is 1380. The zero-order chi connectivity index (χ0) is 25.9. The van der Waals surface area contributed by atoms with Crippen LogP contribution in [-0.2, 0) is 0 Å². The average molecular weight is 486 g/mol. The summed E-state index contributed by atoms with van der Waals surface area (Å²) in [5.41, 5.74) is 3.42. The number of allylic oxidation sites excluding steroid dienone is 1. The van der Waals surface area contributed by atoms with Gasteiger partial charge in [0.2, 0.25) is 12.3 Å². The molecule has 1 aliphatic rings. The standard InChI is InChI=1S/C27H25N4O5/c1-27(2)25(17-10-19-8-13-22(14-9-19)30(33)34)29(28-26(27)21-6-4-3-5-7-21)18-24(32)20-11-15-23(16-12-20)31(35)36/h3-17,24,32H,18H2,1-2H3/q+1. The topological polar surface area (TPSA) is 122 Å². The summed E-state index contributed by atoms with van der Waals surface area (Å²) in [5, 5.41) is 37.7. The number of hydrazone groups is 1. The van der Waals surface area contributed by atoms with Gasteiger partial charge in [-0.05, 0) is 60.4 Å². The maximum atomic E-state index is 11.0. The van der Waals surface area contributed by atoms with Gasteiger partial charge in [-0.2, -0.15) is 0 Å². The second-order valence-corrected chi connectivity index (χ2v) is 8.95. The van der Waals surface area contributed by atoms with E-state index in [-0.39, 0.29) is 17.9 Å². The zero-order valence-corrected chi connectivity index (χ0v) is 19.8. The van der Waals surface area contributed by atoms with Gasteiger partial charge >= 0.3 is 0 Å². The molecule has 9 nitrogen and oxygen atoms in total. The van der Waals surface area contributed by atoms with E-state index < -0.39 is 21.4 Å². The molecular weight excluding hydrogens is 460 g/mol. The Hall–Kier alpha value is -4.50. The minimum Gasteiger partial charge on any atom is -0.382 e. The van der Waals surface area contributed by atoms with Crippen molar-refractivity contribution >= 4 is 28.9 Å². The molecule has 1 N–H and O–H groups in total. The van der Waals surface area contributed by atoms with Crippen LogP contribution in [0.1, 0.15) is 36.6 Å². The summed E-state index contributed by atoms with van der Waals surface area (Å²) in [4.78, 5) is 21.0. The number of aliphatic hydroxyl groups is 1. The lowest BCUT2D eigenvalue weighted by Crippen LogP contribution is -2.32. The number of nitrogens with zero attached hydrogens (tertiary/aromatic N) is 4. The van der Waals surface area contributed by atoms with Crippen LogP contribution >= 0.6 is 0 Å². The quantitative estimate of drug-likeness (QED) is 0.269. The maximum absolute atomic E-state index is 11.0. The van der Waals surface area contributed by atoms with Crippen LogP contribution in [0.4, 0.5) is 11.4 Å². The lowest BCUT2D eigenvalue weighted by molar-refractivity contribution is -0.540. The van der Waals surface area contributed by atoms with Crippen molar-refractivity contribution in [1.29, 1.82) is 0 Å². The molecule has 0 amide bonds. The van der Waals surface area contributed by atoms with Crippen LogP contribution in [0.5, 0.6) is 0 Å². The molecule has 0 fully saturated rings. The lowest BCUT2D eigenvalue weighted by Gasteiger charge is -2.17. The van der Waals surface area contributed by atoms with Gasteiger partial charge in [0.25, 0.3) is 11.4 Å². The molecule has 9 heteroatoms. The number of β-amino-alcohol motifs (C(OH)–C–C–N with tert-alkyl or cyclic N) is 1. The minimum atomic E-state index is -0.941. The molecule has 36 heavy (non-hydrogen) atoms. The summed E-state index contributed by atoms with van der Waals surface area (Å²) in [7, 11) is 0. The van der Waals surface area contributed by atoms with E-state index in [1.54, 1.807) is 16.8 Å². The maximum Gasteiger partial charge on any atom is 0.269 e. The first-order valence-corrected chi connectivity index (χ1v) is 11.3. The molecule has 1 atom stereocenters. The van der Waals surface area contributed by atoms with Gasteiger partial charge in [-0.15, -0.1) is 0 Å². The van der Waals surface area contributed by atoms with Gasteiger partial charge in [0.1, 0.15) is 17.2 Å². The largest absolute Gasteiger partial charge is 0.382 e. The molecule has 0 saturated carbocycles. The molecule has 1 heterocycles. The van der Waals surface area contributed by atoms with E-state index in [9.17, 15) is 25.3 Å². The summed E-state index contributed by atoms with van der Waals surface area (Å²) < 4.78 is 1.75. The Morgan fingerprint density at radius 2 is 1.44 bits per heavy atom. The third-order valence-electron chi connectivity index (χ3n) is 6.15. The second-order valence-electron chi connectivity index (χ2n) is 8.95. The van der Waals surface area contributed by atoms with Gasteiger partial charge in [0.05, 0.1) is 9.85 Å². The van der Waals surface area contributed by atoms with Crippen molar-refractivity contribution in [2.75, 3.05) is 6.54 Å². The summed E-state index contributed by atoms with van der Waals surface area (Å²) >= 11 is 0. The predicted molar refractivity (Wildman–Crippen MR) is 137 cm³/mol. The number of hydrogen-bond acceptors (Lipinski definition) is 6. The van der Waals surface area contributed by atoms with Crippen molar-refractivity contribution in [1.82, 2.24) is 0 Å². The van der Waals surface area contributed by atoms with E-state index in [1.165, 1.54) is 36.4 Å². The highest BCUT2D eigenvalue weighted by atomic mass is 16.6. The van der Waals surface area contributed by atoms with Crippen molar-refractivity contribution in [3.8, 4) is 0 Å². The van der Waals surface area contributed by atoms with Gasteiger partial charge in [-0.25, -0.2) is 0 Å². The van der Waals surface area contributed by atoms with E-state index in [4.69, 9.17) is 5.10 Å². The third-order valence-corrected chi connectivity index (χ3v) is 6.15. The fourth-order valence-electron chi connectivity index (χ4n) is 4.16. The fourth-order valence-corrected chi connectivity index (χ4v) is 4.16. The number of hydrogen-bond donors (Lipinski definition) is 1. The van der Waals surface area contributed by atoms with Crippen molar-refractivity contribution in [2.24, 2.45) is 10.5 Å². The molecule has 182 valence electrons. The minimum absolute atomic E-state index is 0.0172. The number of non-ortho nitro benzene ring substituents is 2. The average Bonchev–Trinajstić information content (AvgIpc) is 3.12. The lowest BCUT2D eigenvalue weighted by atomic mass is 9.79. The van der Waals surface area contributed by atoms with E-state index >= 15 is 0 Å². The van der Waals surface area contributed by atoms with Crippen LogP contribution in [0.3, 0.4) is 0 Å². The highest BCUT2D eigenvalue weighted by molar-refractivity contribution is 6.22. The molecule has 3 aromatic rings. The first kappa shape index (κ1) is 24.6. The van der Waals surface area contributed by atoms with Gasteiger partial charge in [0.15, 0.2) is 0 Å². The molecule has 3 aromatic carbocycles. The van der Waals surface area contributed by atoms with Crippen LogP contribution in [0, 0.1) is 25.6 Å². The number of aliphatic hydroxyl groups excluding tert-OH is 1. The number of rotatable bonds is 8. The number of benzene rings is 3. The molecule has 1 unspecified atom stereocenters. The second kappa shape index (κ2) is 10.0. The number of nitro groups is 2. The van der Waals surface area contributed by atoms with Crippen LogP contribution < -0.4 is 0 Å².